The van der Waals surface area contributed by atoms with Crippen molar-refractivity contribution in [2.45, 2.75) is 26.3 Å². The average Bonchev–Trinajstić information content (AvgIpc) is 2.71. The average molecular weight is 262 g/mol. The molecule has 0 spiro atoms. The van der Waals surface area contributed by atoms with Crippen LogP contribution in [0.25, 0.3) is 0 Å². The summed E-state index contributed by atoms with van der Waals surface area (Å²) in [5, 5.41) is 0. The molecular weight excluding hydrogens is 244 g/mol. The summed E-state index contributed by atoms with van der Waals surface area (Å²) in [5.74, 6) is 0.786. The monoisotopic (exact) mass is 262 g/mol. The third-order valence-electron chi connectivity index (χ3n) is 3.48. The lowest BCUT2D eigenvalue weighted by Gasteiger charge is -2.16. The molecule has 2 rings (SSSR count). The number of hydrogen-bond donors (Lipinski definition) is 1. The Kier molecular flexibility index (Phi) is 3.97. The lowest BCUT2D eigenvalue weighted by Crippen LogP contribution is -2.24. The molecule has 0 aromatic heterocycles. The minimum atomic E-state index is 0.264. The first-order chi connectivity index (χ1) is 8.60. The maximum atomic E-state index is 11.8. The van der Waals surface area contributed by atoms with Crippen LogP contribution in [0.1, 0.15) is 30.9 Å². The van der Waals surface area contributed by atoms with E-state index in [1.165, 1.54) is 0 Å². The largest absolute Gasteiger partial charge is 0.389 e. The molecule has 0 aliphatic carbocycles. The van der Waals surface area contributed by atoms with Gasteiger partial charge in [-0.15, -0.1) is 0 Å². The van der Waals surface area contributed by atoms with Crippen molar-refractivity contribution < 1.29 is 4.79 Å². The minimum Gasteiger partial charge on any atom is -0.389 e. The number of carbonyl (C=O) groups is 1. The molecule has 0 radical (unpaired) electrons. The van der Waals surface area contributed by atoms with Gasteiger partial charge in [-0.3, -0.25) is 4.79 Å². The van der Waals surface area contributed by atoms with Crippen LogP contribution < -0.4 is 5.73 Å². The van der Waals surface area contributed by atoms with Gasteiger partial charge in [0.1, 0.15) is 4.99 Å². The Morgan fingerprint density at radius 1 is 1.44 bits per heavy atom. The molecule has 1 aromatic carbocycles. The predicted octanol–water partition coefficient (Wildman–Crippen LogP) is 2.08. The second-order valence-corrected chi connectivity index (χ2v) is 5.25. The van der Waals surface area contributed by atoms with Gasteiger partial charge in [0.05, 0.1) is 0 Å². The van der Waals surface area contributed by atoms with Crippen molar-refractivity contribution in [3.63, 3.8) is 0 Å². The molecule has 1 saturated heterocycles. The zero-order chi connectivity index (χ0) is 13.1. The van der Waals surface area contributed by atoms with Gasteiger partial charge < -0.3 is 10.6 Å². The van der Waals surface area contributed by atoms with Crippen LogP contribution in [-0.2, 0) is 11.3 Å². The van der Waals surface area contributed by atoms with Crippen molar-refractivity contribution >= 4 is 23.1 Å². The fraction of sp³-hybridized carbons (Fsp3) is 0.429. The molecule has 3 nitrogen and oxygen atoms in total. The molecular formula is C14H18N2OS. The highest BCUT2D eigenvalue weighted by molar-refractivity contribution is 7.80. The fourth-order valence-electron chi connectivity index (χ4n) is 2.28. The zero-order valence-corrected chi connectivity index (χ0v) is 11.4. The number of hydrogen-bond acceptors (Lipinski definition) is 2. The zero-order valence-electron chi connectivity index (χ0n) is 10.6. The van der Waals surface area contributed by atoms with Gasteiger partial charge in [-0.25, -0.2) is 0 Å². The number of nitrogens with two attached hydrogens (primary N) is 1. The van der Waals surface area contributed by atoms with Gasteiger partial charge in [-0.2, -0.15) is 0 Å². The normalized spacial score (nSPS) is 19.3. The highest BCUT2D eigenvalue weighted by Crippen LogP contribution is 2.22. The third-order valence-corrected chi connectivity index (χ3v) is 3.72. The maximum Gasteiger partial charge on any atom is 0.223 e. The molecule has 1 aromatic rings. The number of likely N-dealkylation sites (tertiary alicyclic amines) is 1. The van der Waals surface area contributed by atoms with E-state index in [0.29, 0.717) is 23.9 Å². The molecule has 1 heterocycles. The molecule has 1 aliphatic rings. The summed E-state index contributed by atoms with van der Waals surface area (Å²) in [6.45, 7) is 3.71. The number of carbonyl (C=O) groups excluding carboxylic acids is 1. The van der Waals surface area contributed by atoms with E-state index < -0.39 is 0 Å². The van der Waals surface area contributed by atoms with E-state index in [2.05, 4.69) is 6.92 Å². The van der Waals surface area contributed by atoms with Gasteiger partial charge in [-0.1, -0.05) is 49.8 Å². The first kappa shape index (κ1) is 13.0. The van der Waals surface area contributed by atoms with Crippen LogP contribution >= 0.6 is 12.2 Å². The van der Waals surface area contributed by atoms with E-state index in [1.54, 1.807) is 0 Å². The van der Waals surface area contributed by atoms with Gasteiger partial charge >= 0.3 is 0 Å². The number of amides is 1. The highest BCUT2D eigenvalue weighted by atomic mass is 32.1. The molecule has 1 amide bonds. The number of thiocarbonyl (C=S) groups is 1. The molecule has 18 heavy (non-hydrogen) atoms. The van der Waals surface area contributed by atoms with Gasteiger partial charge in [0.2, 0.25) is 5.91 Å². The van der Waals surface area contributed by atoms with Gasteiger partial charge in [0.25, 0.3) is 0 Å². The van der Waals surface area contributed by atoms with E-state index in [-0.39, 0.29) is 5.91 Å². The topological polar surface area (TPSA) is 46.3 Å². The first-order valence-corrected chi connectivity index (χ1v) is 6.67. The number of rotatable bonds is 4. The Labute approximate surface area is 113 Å². The van der Waals surface area contributed by atoms with Crippen molar-refractivity contribution in [3.8, 4) is 0 Å². The first-order valence-electron chi connectivity index (χ1n) is 6.26. The summed E-state index contributed by atoms with van der Waals surface area (Å²) in [7, 11) is 0. The van der Waals surface area contributed by atoms with Gasteiger partial charge in [0.15, 0.2) is 0 Å². The van der Waals surface area contributed by atoms with E-state index in [4.69, 9.17) is 18.0 Å². The highest BCUT2D eigenvalue weighted by Gasteiger charge is 2.27. The minimum absolute atomic E-state index is 0.264. The lowest BCUT2D eigenvalue weighted by atomic mass is 10.1. The Bertz CT molecular complexity index is 455. The van der Waals surface area contributed by atoms with Crippen molar-refractivity contribution in [2.75, 3.05) is 6.54 Å². The molecule has 1 aliphatic heterocycles. The predicted molar refractivity (Wildman–Crippen MR) is 76.1 cm³/mol. The van der Waals surface area contributed by atoms with Gasteiger partial charge in [0, 0.05) is 25.1 Å². The maximum absolute atomic E-state index is 11.8. The molecule has 0 bridgehead atoms. The second kappa shape index (κ2) is 5.48. The smallest absolute Gasteiger partial charge is 0.223 e. The lowest BCUT2D eigenvalue weighted by molar-refractivity contribution is -0.128. The second-order valence-electron chi connectivity index (χ2n) is 4.81. The molecule has 1 atom stereocenters. The van der Waals surface area contributed by atoms with E-state index >= 15 is 0 Å². The van der Waals surface area contributed by atoms with Crippen molar-refractivity contribution in [1.29, 1.82) is 0 Å². The van der Waals surface area contributed by atoms with Crippen LogP contribution in [0, 0.1) is 5.92 Å². The van der Waals surface area contributed by atoms with E-state index in [1.807, 2.05) is 29.2 Å². The summed E-state index contributed by atoms with van der Waals surface area (Å²) in [6, 6.07) is 7.80. The standard InChI is InChI=1S/C14H18N2OS/c1-2-10-7-13(17)16(8-10)9-11-3-5-12(6-4-11)14(15)18/h3-6,10H,2,7-9H2,1H3,(H2,15,18). The molecule has 1 unspecified atom stereocenters. The summed E-state index contributed by atoms with van der Waals surface area (Å²) >= 11 is 4.91. The van der Waals surface area contributed by atoms with Crippen LogP contribution in [0.3, 0.4) is 0 Å². The van der Waals surface area contributed by atoms with Crippen LogP contribution in [-0.4, -0.2) is 22.3 Å². The number of benzene rings is 1. The fourth-order valence-corrected chi connectivity index (χ4v) is 2.41. The van der Waals surface area contributed by atoms with E-state index in [0.717, 1.165) is 24.1 Å². The molecule has 1 fully saturated rings. The van der Waals surface area contributed by atoms with Crippen LogP contribution in [0.4, 0.5) is 0 Å². The molecule has 4 heteroatoms. The molecule has 96 valence electrons. The Balaban J connectivity index is 2.01. The van der Waals surface area contributed by atoms with Crippen LogP contribution in [0.2, 0.25) is 0 Å². The summed E-state index contributed by atoms with van der Waals surface area (Å²) in [6.07, 6.45) is 1.77. The van der Waals surface area contributed by atoms with Crippen molar-refractivity contribution in [1.82, 2.24) is 4.90 Å². The Morgan fingerprint density at radius 2 is 2.11 bits per heavy atom. The van der Waals surface area contributed by atoms with Gasteiger partial charge in [-0.05, 0) is 11.5 Å². The third kappa shape index (κ3) is 2.88. The van der Waals surface area contributed by atoms with Crippen molar-refractivity contribution in [3.05, 3.63) is 35.4 Å². The van der Waals surface area contributed by atoms with E-state index in [9.17, 15) is 4.79 Å². The summed E-state index contributed by atoms with van der Waals surface area (Å²) in [5.41, 5.74) is 7.55. The summed E-state index contributed by atoms with van der Waals surface area (Å²) in [4.78, 5) is 14.1. The SMILES string of the molecule is CCC1CC(=O)N(Cc2ccc(C(N)=S)cc2)C1. The molecule has 0 saturated carbocycles. The number of nitrogens with zero attached hydrogens (tertiary/aromatic N) is 1. The van der Waals surface area contributed by atoms with Crippen LogP contribution in [0.5, 0.6) is 0 Å². The quantitative estimate of drug-likeness (QED) is 0.845. The molecule has 2 N–H and O–H groups in total. The Morgan fingerprint density at radius 3 is 2.61 bits per heavy atom. The van der Waals surface area contributed by atoms with Crippen LogP contribution in [0.15, 0.2) is 24.3 Å². The van der Waals surface area contributed by atoms with Crippen molar-refractivity contribution in [2.24, 2.45) is 11.7 Å². The summed E-state index contributed by atoms with van der Waals surface area (Å²) < 4.78 is 0. The Hall–Kier alpha value is -1.42.